The summed E-state index contributed by atoms with van der Waals surface area (Å²) in [5.41, 5.74) is 4.30. The average molecular weight is 580 g/mol. The standard InChI is InChI=1S/C32H29N5O6/c1-19-3-7-21(8-4-19)30-34-29(42-36-30)18-24(32-35-31(37-43-32)22-9-5-20(2)6-10-22)25(38)12-14-28(39)33-23-11-13-26-27(17-23)41-16-15-40-26/h3-11,13,17,24H,12,14-16,18H2,1-2H3,(H,33,39). The molecule has 3 heterocycles. The van der Waals surface area contributed by atoms with Gasteiger partial charge in [-0.15, -0.1) is 0 Å². The number of aromatic nitrogens is 4. The van der Waals surface area contributed by atoms with E-state index >= 15 is 0 Å². The number of benzene rings is 3. The highest BCUT2D eigenvalue weighted by Crippen LogP contribution is 2.33. The number of hydrogen-bond donors (Lipinski definition) is 1. The lowest BCUT2D eigenvalue weighted by Gasteiger charge is -2.19. The Morgan fingerprint density at radius 3 is 2.09 bits per heavy atom. The summed E-state index contributed by atoms with van der Waals surface area (Å²) in [7, 11) is 0. The second kappa shape index (κ2) is 12.3. The zero-order chi connectivity index (χ0) is 29.8. The van der Waals surface area contributed by atoms with Gasteiger partial charge in [-0.05, 0) is 26.0 Å². The zero-order valence-corrected chi connectivity index (χ0v) is 23.7. The smallest absolute Gasteiger partial charge is 0.238 e. The fourth-order valence-corrected chi connectivity index (χ4v) is 4.62. The van der Waals surface area contributed by atoms with E-state index in [1.165, 1.54) is 0 Å². The van der Waals surface area contributed by atoms with Gasteiger partial charge in [0.1, 0.15) is 24.9 Å². The summed E-state index contributed by atoms with van der Waals surface area (Å²) in [6.07, 6.45) is -0.0829. The number of Topliss-reactive ketones (excluding diaryl/α,β-unsaturated/α-hetero) is 1. The lowest BCUT2D eigenvalue weighted by atomic mass is 9.96. The molecule has 11 nitrogen and oxygen atoms in total. The maximum atomic E-state index is 13.6. The van der Waals surface area contributed by atoms with Crippen molar-refractivity contribution in [2.75, 3.05) is 18.5 Å². The number of ketones is 1. The van der Waals surface area contributed by atoms with E-state index in [1.807, 2.05) is 62.4 Å². The lowest BCUT2D eigenvalue weighted by Crippen LogP contribution is -2.20. The number of nitrogens with zero attached hydrogens (tertiary/aromatic N) is 4. The maximum absolute atomic E-state index is 13.6. The number of carbonyl (C=O) groups is 2. The SMILES string of the molecule is Cc1ccc(-c2noc(CC(C(=O)CCC(=O)Nc3ccc4c(c3)OCCO4)c3nc(-c4ccc(C)cc4)no3)n2)cc1. The number of hydrogen-bond acceptors (Lipinski definition) is 10. The first-order valence-corrected chi connectivity index (χ1v) is 13.9. The fraction of sp³-hybridized carbons (Fsp3) is 0.250. The number of fused-ring (bicyclic) bond motifs is 1. The Morgan fingerprint density at radius 1 is 0.767 bits per heavy atom. The van der Waals surface area contributed by atoms with Crippen LogP contribution in [-0.4, -0.2) is 45.2 Å². The van der Waals surface area contributed by atoms with Crippen molar-refractivity contribution in [3.05, 3.63) is 89.6 Å². The van der Waals surface area contributed by atoms with Crippen molar-refractivity contribution < 1.29 is 28.1 Å². The summed E-state index contributed by atoms with van der Waals surface area (Å²) in [5, 5.41) is 11.0. The average Bonchev–Trinajstić information content (AvgIpc) is 3.70. The summed E-state index contributed by atoms with van der Waals surface area (Å²) in [6, 6.07) is 20.5. The van der Waals surface area contributed by atoms with E-state index in [0.29, 0.717) is 42.0 Å². The molecule has 0 saturated carbocycles. The first-order valence-electron chi connectivity index (χ1n) is 13.9. The normalized spacial score (nSPS) is 13.0. The molecule has 0 aliphatic carbocycles. The van der Waals surface area contributed by atoms with Gasteiger partial charge in [0.2, 0.25) is 29.3 Å². The molecule has 43 heavy (non-hydrogen) atoms. The van der Waals surface area contributed by atoms with Crippen LogP contribution in [0.1, 0.15) is 41.7 Å². The third-order valence-corrected chi connectivity index (χ3v) is 7.02. The molecule has 0 fully saturated rings. The summed E-state index contributed by atoms with van der Waals surface area (Å²) in [5.74, 6) is 0.818. The highest BCUT2D eigenvalue weighted by molar-refractivity contribution is 5.95. The van der Waals surface area contributed by atoms with E-state index in [4.69, 9.17) is 18.5 Å². The van der Waals surface area contributed by atoms with Gasteiger partial charge >= 0.3 is 0 Å². The lowest BCUT2D eigenvalue weighted by molar-refractivity contribution is -0.124. The Bertz CT molecular complexity index is 1740. The van der Waals surface area contributed by atoms with E-state index in [9.17, 15) is 9.59 Å². The van der Waals surface area contributed by atoms with Crippen molar-refractivity contribution in [1.29, 1.82) is 0 Å². The second-order valence-electron chi connectivity index (χ2n) is 10.3. The van der Waals surface area contributed by atoms with Gasteiger partial charge in [0.15, 0.2) is 11.5 Å². The molecule has 1 unspecified atom stereocenters. The predicted octanol–water partition coefficient (Wildman–Crippen LogP) is 5.49. The Kier molecular flexibility index (Phi) is 7.94. The van der Waals surface area contributed by atoms with Gasteiger partial charge in [0.05, 0.1) is 0 Å². The molecule has 3 aromatic carbocycles. The molecule has 218 valence electrons. The molecule has 1 aliphatic rings. The van der Waals surface area contributed by atoms with Crippen LogP contribution >= 0.6 is 0 Å². The minimum atomic E-state index is -0.889. The quantitative estimate of drug-likeness (QED) is 0.226. The van der Waals surface area contributed by atoms with Crippen LogP contribution in [0.4, 0.5) is 5.69 Å². The number of amides is 1. The summed E-state index contributed by atoms with van der Waals surface area (Å²) in [4.78, 5) is 35.4. The Hall–Kier alpha value is -5.32. The van der Waals surface area contributed by atoms with Crippen LogP contribution in [0.5, 0.6) is 11.5 Å². The van der Waals surface area contributed by atoms with Crippen molar-refractivity contribution in [1.82, 2.24) is 20.3 Å². The molecular formula is C32H29N5O6. The number of rotatable bonds is 10. The van der Waals surface area contributed by atoms with Gasteiger partial charge in [-0.1, -0.05) is 70.0 Å². The molecule has 6 rings (SSSR count). The second-order valence-corrected chi connectivity index (χ2v) is 10.3. The van der Waals surface area contributed by atoms with Gasteiger partial charge in [-0.25, -0.2) is 0 Å². The number of ether oxygens (including phenoxy) is 2. The summed E-state index contributed by atoms with van der Waals surface area (Å²) in [6.45, 7) is 4.90. The Labute approximate surface area is 247 Å². The highest BCUT2D eigenvalue weighted by atomic mass is 16.6. The first kappa shape index (κ1) is 27.8. The molecule has 0 radical (unpaired) electrons. The molecule has 0 saturated heterocycles. The molecule has 0 spiro atoms. The highest BCUT2D eigenvalue weighted by Gasteiger charge is 2.30. The third kappa shape index (κ3) is 6.61. The third-order valence-electron chi connectivity index (χ3n) is 7.02. The minimum absolute atomic E-state index is 0.0387. The van der Waals surface area contributed by atoms with Crippen molar-refractivity contribution in [3.8, 4) is 34.3 Å². The molecule has 1 amide bonds. The van der Waals surface area contributed by atoms with Gasteiger partial charge in [0.25, 0.3) is 0 Å². The maximum Gasteiger partial charge on any atom is 0.238 e. The van der Waals surface area contributed by atoms with Crippen LogP contribution in [0.25, 0.3) is 22.8 Å². The number of anilines is 1. The molecule has 0 bridgehead atoms. The molecule has 11 heteroatoms. The van der Waals surface area contributed by atoms with E-state index in [2.05, 4.69) is 25.6 Å². The van der Waals surface area contributed by atoms with Crippen molar-refractivity contribution >= 4 is 17.4 Å². The predicted molar refractivity (Wildman–Crippen MR) is 156 cm³/mol. The molecule has 5 aromatic rings. The van der Waals surface area contributed by atoms with E-state index in [0.717, 1.165) is 22.3 Å². The Balaban J connectivity index is 1.18. The molecule has 1 aliphatic heterocycles. The molecule has 1 N–H and O–H groups in total. The summed E-state index contributed by atoms with van der Waals surface area (Å²) >= 11 is 0. The van der Waals surface area contributed by atoms with E-state index in [-0.39, 0.29) is 42.7 Å². The molecule has 1 atom stereocenters. The van der Waals surface area contributed by atoms with Gasteiger partial charge in [-0.2, -0.15) is 9.97 Å². The minimum Gasteiger partial charge on any atom is -0.486 e. The van der Waals surface area contributed by atoms with Crippen molar-refractivity contribution in [3.63, 3.8) is 0 Å². The summed E-state index contributed by atoms with van der Waals surface area (Å²) < 4.78 is 22.2. The zero-order valence-electron chi connectivity index (χ0n) is 23.7. The number of carbonyl (C=O) groups excluding carboxylic acids is 2. The van der Waals surface area contributed by atoms with Gasteiger partial charge in [0, 0.05) is 42.1 Å². The van der Waals surface area contributed by atoms with Gasteiger partial charge in [-0.3, -0.25) is 9.59 Å². The molecular weight excluding hydrogens is 550 g/mol. The van der Waals surface area contributed by atoms with Crippen molar-refractivity contribution in [2.45, 2.75) is 39.0 Å². The molecule has 2 aromatic heterocycles. The topological polar surface area (TPSA) is 142 Å². The monoisotopic (exact) mass is 579 g/mol. The van der Waals surface area contributed by atoms with E-state index in [1.54, 1.807) is 18.2 Å². The van der Waals surface area contributed by atoms with Crippen LogP contribution in [-0.2, 0) is 16.0 Å². The fourth-order valence-electron chi connectivity index (χ4n) is 4.62. The van der Waals surface area contributed by atoms with Crippen LogP contribution in [0.2, 0.25) is 0 Å². The van der Waals surface area contributed by atoms with Gasteiger partial charge < -0.3 is 23.8 Å². The van der Waals surface area contributed by atoms with E-state index < -0.39 is 5.92 Å². The largest absolute Gasteiger partial charge is 0.486 e. The Morgan fingerprint density at radius 2 is 1.40 bits per heavy atom. The van der Waals surface area contributed by atoms with Crippen LogP contribution in [0.3, 0.4) is 0 Å². The first-order chi connectivity index (χ1) is 20.9. The van der Waals surface area contributed by atoms with Crippen LogP contribution in [0, 0.1) is 13.8 Å². The van der Waals surface area contributed by atoms with Crippen LogP contribution < -0.4 is 14.8 Å². The number of aryl methyl sites for hydroxylation is 2. The van der Waals surface area contributed by atoms with Crippen molar-refractivity contribution in [2.24, 2.45) is 0 Å². The van der Waals surface area contributed by atoms with Crippen LogP contribution in [0.15, 0.2) is 75.8 Å². The number of nitrogens with one attached hydrogen (secondary N) is 1.